The molecular weight excluding hydrogens is 342 g/mol. The molecule has 6 nitrogen and oxygen atoms in total. The smallest absolute Gasteiger partial charge is 0.387 e. The number of ether oxygens (including phenoxy) is 3. The van der Waals surface area contributed by atoms with Gasteiger partial charge in [-0.25, -0.2) is 4.79 Å². The number of benzene rings is 1. The van der Waals surface area contributed by atoms with Gasteiger partial charge in [0.25, 0.3) is 0 Å². The number of allylic oxidation sites excluding steroid dienone is 1. The van der Waals surface area contributed by atoms with Gasteiger partial charge >= 0.3 is 12.6 Å². The van der Waals surface area contributed by atoms with Gasteiger partial charge in [0.05, 0.1) is 25.8 Å². The first-order chi connectivity index (χ1) is 11.4. The van der Waals surface area contributed by atoms with Gasteiger partial charge < -0.3 is 24.8 Å². The summed E-state index contributed by atoms with van der Waals surface area (Å²) in [5.74, 6) is -0.527. The van der Waals surface area contributed by atoms with Crippen LogP contribution in [-0.2, 0) is 9.53 Å². The molecule has 1 aliphatic rings. The van der Waals surface area contributed by atoms with Gasteiger partial charge in [0.15, 0.2) is 16.6 Å². The summed E-state index contributed by atoms with van der Waals surface area (Å²) in [4.78, 5) is 12.1. The van der Waals surface area contributed by atoms with E-state index >= 15 is 0 Å². The SMILES string of the molecule is COC(=O)C1=C(C)NC(=S)N[C@H]1c1ccc(OC(F)F)c(OC)c1. The summed E-state index contributed by atoms with van der Waals surface area (Å²) >= 11 is 5.12. The summed E-state index contributed by atoms with van der Waals surface area (Å²) in [6.07, 6.45) is 0. The lowest BCUT2D eigenvalue weighted by atomic mass is 9.95. The number of rotatable bonds is 5. The highest BCUT2D eigenvalue weighted by Gasteiger charge is 2.31. The largest absolute Gasteiger partial charge is 0.493 e. The maximum absolute atomic E-state index is 12.4. The van der Waals surface area contributed by atoms with Crippen molar-refractivity contribution in [2.75, 3.05) is 14.2 Å². The molecule has 0 aromatic heterocycles. The molecule has 1 aliphatic heterocycles. The first-order valence-corrected chi connectivity index (χ1v) is 7.27. The van der Waals surface area contributed by atoms with Crippen molar-refractivity contribution in [3.8, 4) is 11.5 Å². The summed E-state index contributed by atoms with van der Waals surface area (Å²) < 4.78 is 39.1. The van der Waals surface area contributed by atoms with Crippen LogP contribution in [0.3, 0.4) is 0 Å². The zero-order valence-electron chi connectivity index (χ0n) is 13.2. The van der Waals surface area contributed by atoms with Crippen molar-refractivity contribution in [1.29, 1.82) is 0 Å². The molecule has 0 fully saturated rings. The number of hydrogen-bond acceptors (Lipinski definition) is 5. The minimum atomic E-state index is -2.97. The highest BCUT2D eigenvalue weighted by atomic mass is 32.1. The Hall–Kier alpha value is -2.42. The van der Waals surface area contributed by atoms with E-state index in [0.29, 0.717) is 21.9 Å². The predicted octanol–water partition coefficient (Wildman–Crippen LogP) is 2.26. The lowest BCUT2D eigenvalue weighted by Crippen LogP contribution is -2.45. The van der Waals surface area contributed by atoms with E-state index in [1.54, 1.807) is 13.0 Å². The van der Waals surface area contributed by atoms with Crippen LogP contribution in [0, 0.1) is 0 Å². The Labute approximate surface area is 142 Å². The predicted molar refractivity (Wildman–Crippen MR) is 86.0 cm³/mol. The van der Waals surface area contributed by atoms with Crippen molar-refractivity contribution in [2.24, 2.45) is 0 Å². The minimum absolute atomic E-state index is 0.104. The maximum atomic E-state index is 12.4. The van der Waals surface area contributed by atoms with Gasteiger partial charge in [-0.2, -0.15) is 8.78 Å². The number of alkyl halides is 2. The third kappa shape index (κ3) is 3.73. The lowest BCUT2D eigenvalue weighted by molar-refractivity contribution is -0.136. The van der Waals surface area contributed by atoms with Crippen LogP contribution in [-0.4, -0.2) is 31.9 Å². The number of halogens is 2. The second-order valence-corrected chi connectivity index (χ2v) is 5.26. The highest BCUT2D eigenvalue weighted by Crippen LogP contribution is 2.35. The average molecular weight is 358 g/mol. The molecule has 1 atom stereocenters. The quantitative estimate of drug-likeness (QED) is 0.618. The number of thiocarbonyl (C=S) groups is 1. The van der Waals surface area contributed by atoms with Gasteiger partial charge in [-0.3, -0.25) is 0 Å². The van der Waals surface area contributed by atoms with Crippen LogP contribution in [0.2, 0.25) is 0 Å². The summed E-state index contributed by atoms with van der Waals surface area (Å²) in [5, 5.41) is 6.14. The Bertz CT molecular complexity index is 694. The standard InChI is InChI=1S/C15H16F2N2O4S/c1-7-11(13(20)22-3)12(19-15(24)18-7)8-4-5-9(23-14(16)17)10(6-8)21-2/h4-6,12,14H,1-3H3,(H2,18,19,24)/t12-/m0/s1. The minimum Gasteiger partial charge on any atom is -0.493 e. The van der Waals surface area contributed by atoms with E-state index < -0.39 is 18.6 Å². The summed E-state index contributed by atoms with van der Waals surface area (Å²) in [6, 6.07) is 3.78. The molecule has 0 bridgehead atoms. The zero-order chi connectivity index (χ0) is 17.9. The van der Waals surface area contributed by atoms with E-state index in [4.69, 9.17) is 21.7 Å². The summed E-state index contributed by atoms with van der Waals surface area (Å²) in [6.45, 7) is -1.28. The molecule has 0 saturated carbocycles. The molecule has 0 amide bonds. The molecule has 0 saturated heterocycles. The van der Waals surface area contributed by atoms with E-state index in [1.165, 1.54) is 26.4 Å². The van der Waals surface area contributed by atoms with Crippen LogP contribution in [0.5, 0.6) is 11.5 Å². The van der Waals surface area contributed by atoms with Crippen molar-refractivity contribution in [2.45, 2.75) is 19.6 Å². The Balaban J connectivity index is 2.46. The van der Waals surface area contributed by atoms with E-state index in [9.17, 15) is 13.6 Å². The first kappa shape index (κ1) is 17.9. The lowest BCUT2D eigenvalue weighted by Gasteiger charge is -2.29. The van der Waals surface area contributed by atoms with Crippen molar-refractivity contribution >= 4 is 23.3 Å². The second kappa shape index (κ2) is 7.43. The monoisotopic (exact) mass is 358 g/mol. The number of carbonyl (C=O) groups excluding carboxylic acids is 1. The van der Waals surface area contributed by atoms with Crippen molar-refractivity contribution in [3.05, 3.63) is 35.0 Å². The third-order valence-electron chi connectivity index (χ3n) is 3.41. The van der Waals surface area contributed by atoms with E-state index in [1.807, 2.05) is 0 Å². The Morgan fingerprint density at radius 2 is 2.00 bits per heavy atom. The number of esters is 1. The Morgan fingerprint density at radius 1 is 1.29 bits per heavy atom. The van der Waals surface area contributed by atoms with Crippen LogP contribution in [0.15, 0.2) is 29.5 Å². The fourth-order valence-electron chi connectivity index (χ4n) is 2.38. The number of hydrogen-bond donors (Lipinski definition) is 2. The molecule has 9 heteroatoms. The summed E-state index contributed by atoms with van der Waals surface area (Å²) in [7, 11) is 2.60. The van der Waals surface area contributed by atoms with E-state index in [-0.39, 0.29) is 11.5 Å². The molecule has 130 valence electrons. The van der Waals surface area contributed by atoms with Crippen LogP contribution in [0.4, 0.5) is 8.78 Å². The number of methoxy groups -OCH3 is 2. The van der Waals surface area contributed by atoms with Gasteiger partial charge in [-0.1, -0.05) is 6.07 Å². The van der Waals surface area contributed by atoms with Gasteiger partial charge in [0.2, 0.25) is 0 Å². The molecule has 2 N–H and O–H groups in total. The topological polar surface area (TPSA) is 68.8 Å². The van der Waals surface area contributed by atoms with Crippen molar-refractivity contribution < 1.29 is 27.8 Å². The average Bonchev–Trinajstić information content (AvgIpc) is 2.53. The van der Waals surface area contributed by atoms with Crippen LogP contribution in [0.25, 0.3) is 0 Å². The molecule has 2 rings (SSSR count). The fraction of sp³-hybridized carbons (Fsp3) is 0.333. The molecule has 1 aromatic rings. The fourth-order valence-corrected chi connectivity index (χ4v) is 2.65. The molecule has 0 aliphatic carbocycles. The van der Waals surface area contributed by atoms with Crippen LogP contribution >= 0.6 is 12.2 Å². The molecule has 0 spiro atoms. The number of carbonyl (C=O) groups is 1. The Kier molecular flexibility index (Phi) is 5.55. The third-order valence-corrected chi connectivity index (χ3v) is 3.63. The Morgan fingerprint density at radius 3 is 2.58 bits per heavy atom. The summed E-state index contributed by atoms with van der Waals surface area (Å²) in [5.41, 5.74) is 1.45. The second-order valence-electron chi connectivity index (χ2n) is 4.85. The van der Waals surface area contributed by atoms with Gasteiger partial charge in [-0.05, 0) is 36.8 Å². The van der Waals surface area contributed by atoms with Gasteiger partial charge in [0, 0.05) is 5.70 Å². The highest BCUT2D eigenvalue weighted by molar-refractivity contribution is 7.80. The molecule has 0 unspecified atom stereocenters. The van der Waals surface area contributed by atoms with Crippen molar-refractivity contribution in [3.63, 3.8) is 0 Å². The molecular formula is C15H16F2N2O4S. The van der Waals surface area contributed by atoms with Crippen LogP contribution < -0.4 is 20.1 Å². The van der Waals surface area contributed by atoms with Gasteiger partial charge in [-0.15, -0.1) is 0 Å². The first-order valence-electron chi connectivity index (χ1n) is 6.86. The van der Waals surface area contributed by atoms with E-state index in [2.05, 4.69) is 15.4 Å². The zero-order valence-corrected chi connectivity index (χ0v) is 14.0. The molecule has 1 aromatic carbocycles. The van der Waals surface area contributed by atoms with Gasteiger partial charge in [0.1, 0.15) is 0 Å². The molecule has 24 heavy (non-hydrogen) atoms. The maximum Gasteiger partial charge on any atom is 0.387 e. The normalized spacial score (nSPS) is 17.2. The molecule has 1 heterocycles. The molecule has 0 radical (unpaired) electrons. The number of nitrogens with one attached hydrogen (secondary N) is 2. The van der Waals surface area contributed by atoms with E-state index in [0.717, 1.165) is 0 Å². The van der Waals surface area contributed by atoms with Crippen LogP contribution in [0.1, 0.15) is 18.5 Å². The van der Waals surface area contributed by atoms with Crippen molar-refractivity contribution in [1.82, 2.24) is 10.6 Å².